The van der Waals surface area contributed by atoms with Crippen LogP contribution in [-0.4, -0.2) is 16.8 Å². The molecule has 0 aliphatic rings. The van der Waals surface area contributed by atoms with Crippen LogP contribution in [0.15, 0.2) is 34.3 Å². The molecule has 0 radical (unpaired) electrons. The van der Waals surface area contributed by atoms with Crippen molar-refractivity contribution in [2.75, 3.05) is 5.75 Å². The molecule has 0 bridgehead atoms. The Balaban J connectivity index is 2.50. The zero-order chi connectivity index (χ0) is 14.5. The zero-order valence-corrected chi connectivity index (χ0v) is 13.0. The van der Waals surface area contributed by atoms with Crippen molar-refractivity contribution < 1.29 is 5.21 Å². The molecule has 0 unspecified atom stereocenters. The maximum absolute atomic E-state index is 8.73. The molecule has 3 nitrogen and oxygen atoms in total. The van der Waals surface area contributed by atoms with E-state index >= 15 is 0 Å². The van der Waals surface area contributed by atoms with Crippen molar-refractivity contribution >= 4 is 17.6 Å². The van der Waals surface area contributed by atoms with Gasteiger partial charge in [-0.2, -0.15) is 0 Å². The van der Waals surface area contributed by atoms with Gasteiger partial charge in [-0.05, 0) is 35.8 Å². The van der Waals surface area contributed by atoms with E-state index in [4.69, 9.17) is 10.9 Å². The molecule has 0 fully saturated rings. The second-order valence-electron chi connectivity index (χ2n) is 5.69. The maximum Gasteiger partial charge on any atom is 0.144 e. The third-order valence-electron chi connectivity index (χ3n) is 3.34. The largest absolute Gasteiger partial charge is 0.409 e. The number of hydrogen-bond acceptors (Lipinski definition) is 3. The Morgan fingerprint density at radius 3 is 2.37 bits per heavy atom. The Bertz CT molecular complexity index is 424. The van der Waals surface area contributed by atoms with Crippen LogP contribution in [-0.2, 0) is 0 Å². The molecule has 106 valence electrons. The Labute approximate surface area is 120 Å². The monoisotopic (exact) mass is 280 g/mol. The minimum Gasteiger partial charge on any atom is -0.409 e. The summed E-state index contributed by atoms with van der Waals surface area (Å²) in [4.78, 5) is 1.26. The predicted molar refractivity (Wildman–Crippen MR) is 83.1 cm³/mol. The van der Waals surface area contributed by atoms with Crippen LogP contribution in [0.3, 0.4) is 0 Å². The van der Waals surface area contributed by atoms with Crippen LogP contribution in [0, 0.1) is 5.41 Å². The molecule has 0 spiro atoms. The first-order valence-electron chi connectivity index (χ1n) is 6.57. The van der Waals surface area contributed by atoms with E-state index in [1.54, 1.807) is 11.8 Å². The summed E-state index contributed by atoms with van der Waals surface area (Å²) in [5.74, 6) is 1.81. The van der Waals surface area contributed by atoms with Crippen molar-refractivity contribution in [3.05, 3.63) is 29.8 Å². The highest BCUT2D eigenvalue weighted by Crippen LogP contribution is 2.27. The summed E-state index contributed by atoms with van der Waals surface area (Å²) in [5.41, 5.74) is 6.77. The van der Waals surface area contributed by atoms with Gasteiger partial charge in [0.1, 0.15) is 5.84 Å². The van der Waals surface area contributed by atoms with Crippen LogP contribution >= 0.6 is 11.8 Å². The van der Waals surface area contributed by atoms with Gasteiger partial charge >= 0.3 is 0 Å². The van der Waals surface area contributed by atoms with Crippen molar-refractivity contribution in [3.8, 4) is 0 Å². The van der Waals surface area contributed by atoms with Gasteiger partial charge in [0.2, 0.25) is 0 Å². The lowest BCUT2D eigenvalue weighted by molar-refractivity contribution is 0.307. The Morgan fingerprint density at radius 2 is 1.89 bits per heavy atom. The zero-order valence-electron chi connectivity index (χ0n) is 12.2. The van der Waals surface area contributed by atoms with Gasteiger partial charge in [-0.15, -0.1) is 11.8 Å². The number of nitrogens with two attached hydrogens (primary N) is 1. The van der Waals surface area contributed by atoms with Crippen molar-refractivity contribution in [1.29, 1.82) is 0 Å². The molecule has 0 aromatic heterocycles. The fourth-order valence-electron chi connectivity index (χ4n) is 1.64. The van der Waals surface area contributed by atoms with Crippen LogP contribution in [0.2, 0.25) is 0 Å². The normalized spacial score (nSPS) is 13.0. The van der Waals surface area contributed by atoms with Gasteiger partial charge in [0.25, 0.3) is 0 Å². The van der Waals surface area contributed by atoms with Gasteiger partial charge in [0.05, 0.1) is 0 Å². The number of rotatable bonds is 6. The minimum atomic E-state index is -0.264. The highest BCUT2D eigenvalue weighted by Gasteiger charge is 2.23. The average Bonchev–Trinajstić information content (AvgIpc) is 2.38. The molecule has 1 aromatic rings. The smallest absolute Gasteiger partial charge is 0.144 e. The van der Waals surface area contributed by atoms with E-state index in [-0.39, 0.29) is 5.41 Å². The Hall–Kier alpha value is -1.16. The molecule has 1 rings (SSSR count). The number of benzene rings is 1. The van der Waals surface area contributed by atoms with Crippen LogP contribution in [0.1, 0.15) is 45.6 Å². The fourth-order valence-corrected chi connectivity index (χ4v) is 2.81. The topological polar surface area (TPSA) is 58.6 Å². The maximum atomic E-state index is 8.73. The molecule has 4 heteroatoms. The Kier molecular flexibility index (Phi) is 5.73. The third-order valence-corrected chi connectivity index (χ3v) is 4.36. The van der Waals surface area contributed by atoms with E-state index in [0.29, 0.717) is 11.8 Å². The number of nitrogens with zero attached hydrogens (tertiary/aromatic N) is 1. The van der Waals surface area contributed by atoms with Gasteiger partial charge < -0.3 is 10.9 Å². The van der Waals surface area contributed by atoms with Crippen LogP contribution in [0.5, 0.6) is 0 Å². The molecule has 0 saturated carbocycles. The highest BCUT2D eigenvalue weighted by atomic mass is 32.2. The van der Waals surface area contributed by atoms with E-state index in [1.807, 2.05) is 13.8 Å². The fraction of sp³-hybridized carbons (Fsp3) is 0.533. The molecule has 0 heterocycles. The number of oxime groups is 1. The lowest BCUT2D eigenvalue weighted by atomic mass is 9.89. The second kappa shape index (κ2) is 6.85. The van der Waals surface area contributed by atoms with Crippen LogP contribution < -0.4 is 5.73 Å². The lowest BCUT2D eigenvalue weighted by Crippen LogP contribution is -2.32. The SMILES string of the molecule is CC(C)c1ccc(SCCC(C)(C)C(N)=NO)cc1. The van der Waals surface area contributed by atoms with E-state index < -0.39 is 0 Å². The second-order valence-corrected chi connectivity index (χ2v) is 6.86. The summed E-state index contributed by atoms with van der Waals surface area (Å²) in [6.45, 7) is 8.37. The lowest BCUT2D eigenvalue weighted by Gasteiger charge is -2.22. The molecule has 1 aromatic carbocycles. The summed E-state index contributed by atoms with van der Waals surface area (Å²) < 4.78 is 0. The molecule has 19 heavy (non-hydrogen) atoms. The van der Waals surface area contributed by atoms with E-state index in [9.17, 15) is 0 Å². The summed E-state index contributed by atoms with van der Waals surface area (Å²) >= 11 is 1.80. The van der Waals surface area contributed by atoms with Gasteiger partial charge in [-0.3, -0.25) is 0 Å². The molecular weight excluding hydrogens is 256 g/mol. The first-order chi connectivity index (χ1) is 8.86. The van der Waals surface area contributed by atoms with Crippen molar-refractivity contribution in [1.82, 2.24) is 0 Å². The standard InChI is InChI=1S/C15H24N2OS/c1-11(2)12-5-7-13(8-6-12)19-10-9-15(3,4)14(16)17-18/h5-8,11,18H,9-10H2,1-4H3,(H2,16,17). The minimum absolute atomic E-state index is 0.264. The van der Waals surface area contributed by atoms with Gasteiger partial charge in [0, 0.05) is 10.3 Å². The van der Waals surface area contributed by atoms with E-state index in [1.165, 1.54) is 10.5 Å². The Morgan fingerprint density at radius 1 is 1.32 bits per heavy atom. The van der Waals surface area contributed by atoms with Gasteiger partial charge in [-0.25, -0.2) is 0 Å². The molecule has 0 saturated heterocycles. The molecule has 0 aliphatic carbocycles. The summed E-state index contributed by atoms with van der Waals surface area (Å²) in [6.07, 6.45) is 0.874. The molecular formula is C15H24N2OS. The number of amidine groups is 1. The average molecular weight is 280 g/mol. The first-order valence-corrected chi connectivity index (χ1v) is 7.56. The van der Waals surface area contributed by atoms with E-state index in [2.05, 4.69) is 43.3 Å². The number of hydrogen-bond donors (Lipinski definition) is 2. The first kappa shape index (κ1) is 15.9. The van der Waals surface area contributed by atoms with Crippen molar-refractivity contribution in [2.45, 2.75) is 44.9 Å². The molecule has 0 amide bonds. The summed E-state index contributed by atoms with van der Waals surface area (Å²) in [5, 5.41) is 11.8. The molecule has 0 atom stereocenters. The van der Waals surface area contributed by atoms with E-state index in [0.717, 1.165) is 12.2 Å². The van der Waals surface area contributed by atoms with Gasteiger partial charge in [0.15, 0.2) is 0 Å². The highest BCUT2D eigenvalue weighted by molar-refractivity contribution is 7.99. The third kappa shape index (κ3) is 4.78. The number of thioether (sulfide) groups is 1. The van der Waals surface area contributed by atoms with Gasteiger partial charge in [-0.1, -0.05) is 45.0 Å². The quantitative estimate of drug-likeness (QED) is 0.271. The van der Waals surface area contributed by atoms with Crippen molar-refractivity contribution in [3.63, 3.8) is 0 Å². The summed E-state index contributed by atoms with van der Waals surface area (Å²) in [6, 6.07) is 8.69. The molecule has 3 N–H and O–H groups in total. The van der Waals surface area contributed by atoms with Crippen molar-refractivity contribution in [2.24, 2.45) is 16.3 Å². The molecule has 0 aliphatic heterocycles. The summed E-state index contributed by atoms with van der Waals surface area (Å²) in [7, 11) is 0. The van der Waals surface area contributed by atoms with Crippen LogP contribution in [0.25, 0.3) is 0 Å². The predicted octanol–water partition coefficient (Wildman–Crippen LogP) is 4.06. The van der Waals surface area contributed by atoms with Crippen LogP contribution in [0.4, 0.5) is 0 Å².